The van der Waals surface area contributed by atoms with Crippen molar-refractivity contribution >= 4 is 16.0 Å². The fourth-order valence-electron chi connectivity index (χ4n) is 2.46. The molecule has 0 bridgehead atoms. The number of hydrogen-bond donors (Lipinski definition) is 1. The lowest BCUT2D eigenvalue weighted by Crippen LogP contribution is -2.30. The smallest absolute Gasteiger partial charge is 0.337 e. The van der Waals surface area contributed by atoms with E-state index in [1.54, 1.807) is 0 Å². The summed E-state index contributed by atoms with van der Waals surface area (Å²) >= 11 is 0. The van der Waals surface area contributed by atoms with Gasteiger partial charge < -0.3 is 9.84 Å². The van der Waals surface area contributed by atoms with Crippen molar-refractivity contribution in [1.29, 1.82) is 0 Å². The van der Waals surface area contributed by atoms with Crippen LogP contribution in [0.1, 0.15) is 22.3 Å². The summed E-state index contributed by atoms with van der Waals surface area (Å²) in [6.07, 6.45) is 0.550. The first kappa shape index (κ1) is 16.9. The van der Waals surface area contributed by atoms with Crippen LogP contribution >= 0.6 is 0 Å². The van der Waals surface area contributed by atoms with Crippen LogP contribution in [-0.2, 0) is 14.8 Å². The Bertz CT molecular complexity index is 689. The first-order valence-corrected chi connectivity index (χ1v) is 8.24. The summed E-state index contributed by atoms with van der Waals surface area (Å²) in [5.41, 5.74) is -0.192. The number of rotatable bonds is 4. The summed E-state index contributed by atoms with van der Waals surface area (Å²) < 4.78 is 45.0. The van der Waals surface area contributed by atoms with Crippen molar-refractivity contribution in [2.24, 2.45) is 5.92 Å². The zero-order chi connectivity index (χ0) is 16.5. The molecule has 0 aliphatic carbocycles. The molecule has 122 valence electrons. The molecule has 1 fully saturated rings. The van der Waals surface area contributed by atoms with E-state index in [1.807, 2.05) is 0 Å². The molecule has 0 spiro atoms. The Morgan fingerprint density at radius 1 is 1.50 bits per heavy atom. The minimum atomic E-state index is -3.92. The first-order valence-electron chi connectivity index (χ1n) is 6.80. The van der Waals surface area contributed by atoms with E-state index >= 15 is 0 Å². The Balaban J connectivity index is 2.47. The van der Waals surface area contributed by atoms with Crippen molar-refractivity contribution in [2.45, 2.75) is 18.2 Å². The molecule has 1 N–H and O–H groups in total. The van der Waals surface area contributed by atoms with Gasteiger partial charge >= 0.3 is 5.97 Å². The van der Waals surface area contributed by atoms with Crippen LogP contribution in [0, 0.1) is 18.7 Å². The van der Waals surface area contributed by atoms with Crippen LogP contribution in [-0.4, -0.2) is 50.6 Å². The molecule has 1 saturated heterocycles. The summed E-state index contributed by atoms with van der Waals surface area (Å²) in [6, 6.07) is 2.09. The van der Waals surface area contributed by atoms with Gasteiger partial charge in [-0.1, -0.05) is 0 Å². The summed E-state index contributed by atoms with van der Waals surface area (Å²) in [5.74, 6) is -1.70. The highest BCUT2D eigenvalue weighted by molar-refractivity contribution is 7.89. The number of sulfonamides is 1. The number of carbonyl (C=O) groups excluding carboxylic acids is 1. The van der Waals surface area contributed by atoms with Crippen LogP contribution in [0.2, 0.25) is 0 Å². The Morgan fingerprint density at radius 3 is 2.73 bits per heavy atom. The van der Waals surface area contributed by atoms with E-state index in [1.165, 1.54) is 11.2 Å². The van der Waals surface area contributed by atoms with Crippen LogP contribution in [0.4, 0.5) is 4.39 Å². The van der Waals surface area contributed by atoms with E-state index in [4.69, 9.17) is 5.11 Å². The summed E-state index contributed by atoms with van der Waals surface area (Å²) in [7, 11) is -2.79. The maximum absolute atomic E-state index is 14.0. The van der Waals surface area contributed by atoms with E-state index in [2.05, 4.69) is 4.74 Å². The Labute approximate surface area is 128 Å². The van der Waals surface area contributed by atoms with Gasteiger partial charge in [-0.15, -0.1) is 0 Å². The molecule has 1 aromatic rings. The number of nitrogens with zero attached hydrogens (tertiary/aromatic N) is 1. The average Bonchev–Trinajstić information content (AvgIpc) is 2.98. The molecule has 1 heterocycles. The van der Waals surface area contributed by atoms with Crippen molar-refractivity contribution in [3.05, 3.63) is 29.1 Å². The SMILES string of the molecule is COC(=O)c1cc(F)c(C)c(S(=O)(=O)N2CCC(CO)C2)c1. The first-order chi connectivity index (χ1) is 10.3. The molecular weight excluding hydrogens is 313 g/mol. The third-order valence-electron chi connectivity index (χ3n) is 3.84. The van der Waals surface area contributed by atoms with Crippen molar-refractivity contribution in [3.8, 4) is 0 Å². The van der Waals surface area contributed by atoms with E-state index < -0.39 is 21.8 Å². The second-order valence-electron chi connectivity index (χ2n) is 5.27. The molecule has 2 rings (SSSR count). The molecule has 1 aromatic carbocycles. The Hall–Kier alpha value is -1.51. The second-order valence-corrected chi connectivity index (χ2v) is 7.18. The minimum absolute atomic E-state index is 0.0416. The fourth-order valence-corrected chi connectivity index (χ4v) is 4.25. The van der Waals surface area contributed by atoms with E-state index in [9.17, 15) is 17.6 Å². The van der Waals surface area contributed by atoms with Gasteiger partial charge in [0.2, 0.25) is 10.0 Å². The summed E-state index contributed by atoms with van der Waals surface area (Å²) in [4.78, 5) is 11.3. The van der Waals surface area contributed by atoms with Crippen molar-refractivity contribution in [3.63, 3.8) is 0 Å². The lowest BCUT2D eigenvalue weighted by molar-refractivity contribution is 0.0600. The van der Waals surface area contributed by atoms with Gasteiger partial charge in [0.25, 0.3) is 0 Å². The van der Waals surface area contributed by atoms with Crippen LogP contribution in [0.5, 0.6) is 0 Å². The molecule has 22 heavy (non-hydrogen) atoms. The Morgan fingerprint density at radius 2 is 2.18 bits per heavy atom. The normalized spacial score (nSPS) is 19.4. The quantitative estimate of drug-likeness (QED) is 0.830. The monoisotopic (exact) mass is 331 g/mol. The highest BCUT2D eigenvalue weighted by Gasteiger charge is 2.34. The Kier molecular flexibility index (Phi) is 4.84. The lowest BCUT2D eigenvalue weighted by atomic mass is 10.1. The van der Waals surface area contributed by atoms with Crippen molar-refractivity contribution in [2.75, 3.05) is 26.8 Å². The van der Waals surface area contributed by atoms with Gasteiger partial charge in [0.15, 0.2) is 0 Å². The zero-order valence-corrected chi connectivity index (χ0v) is 13.2. The van der Waals surface area contributed by atoms with Gasteiger partial charge in [0.05, 0.1) is 17.6 Å². The number of hydrogen-bond acceptors (Lipinski definition) is 5. The maximum Gasteiger partial charge on any atom is 0.337 e. The molecule has 0 saturated carbocycles. The number of aliphatic hydroxyl groups is 1. The minimum Gasteiger partial charge on any atom is -0.465 e. The van der Waals surface area contributed by atoms with Crippen LogP contribution in [0.25, 0.3) is 0 Å². The van der Waals surface area contributed by atoms with Gasteiger partial charge in [0, 0.05) is 25.3 Å². The van der Waals surface area contributed by atoms with Crippen LogP contribution in [0.3, 0.4) is 0 Å². The second kappa shape index (κ2) is 6.31. The third-order valence-corrected chi connectivity index (χ3v) is 5.83. The van der Waals surface area contributed by atoms with Gasteiger partial charge in [-0.3, -0.25) is 0 Å². The molecular formula is C14H18FNO5S. The zero-order valence-electron chi connectivity index (χ0n) is 12.4. The molecule has 6 nitrogen and oxygen atoms in total. The summed E-state index contributed by atoms with van der Waals surface area (Å²) in [6.45, 7) is 1.70. The maximum atomic E-state index is 14.0. The van der Waals surface area contributed by atoms with Crippen molar-refractivity contribution in [1.82, 2.24) is 4.31 Å². The molecule has 1 unspecified atom stereocenters. The van der Waals surface area contributed by atoms with Crippen molar-refractivity contribution < 1.29 is 27.4 Å². The van der Waals surface area contributed by atoms with Gasteiger partial charge in [-0.2, -0.15) is 4.31 Å². The van der Waals surface area contributed by atoms with Crippen LogP contribution in [0.15, 0.2) is 17.0 Å². The van der Waals surface area contributed by atoms with E-state index in [-0.39, 0.29) is 41.6 Å². The van der Waals surface area contributed by atoms with Gasteiger partial charge in [-0.25, -0.2) is 17.6 Å². The number of halogens is 1. The largest absolute Gasteiger partial charge is 0.465 e. The predicted molar refractivity (Wildman–Crippen MR) is 76.4 cm³/mol. The van der Waals surface area contributed by atoms with Crippen LogP contribution < -0.4 is 0 Å². The van der Waals surface area contributed by atoms with Gasteiger partial charge in [0.1, 0.15) is 5.82 Å². The molecule has 0 aromatic heterocycles. The third kappa shape index (κ3) is 2.99. The predicted octanol–water partition coefficient (Wildman–Crippen LogP) is 0.924. The number of benzene rings is 1. The molecule has 8 heteroatoms. The highest BCUT2D eigenvalue weighted by atomic mass is 32.2. The summed E-state index contributed by atoms with van der Waals surface area (Å²) in [5, 5.41) is 9.12. The average molecular weight is 331 g/mol. The number of ether oxygens (including phenoxy) is 1. The molecule has 0 radical (unpaired) electrons. The standard InChI is InChI=1S/C14H18FNO5S/c1-9-12(15)5-11(14(18)21-2)6-13(9)22(19,20)16-4-3-10(7-16)8-17/h5-6,10,17H,3-4,7-8H2,1-2H3. The molecule has 0 amide bonds. The molecule has 1 aliphatic rings. The fraction of sp³-hybridized carbons (Fsp3) is 0.500. The molecule has 1 atom stereocenters. The number of aliphatic hydroxyl groups excluding tert-OH is 1. The van der Waals surface area contributed by atoms with E-state index in [0.717, 1.165) is 19.2 Å². The van der Waals surface area contributed by atoms with Gasteiger partial charge in [-0.05, 0) is 31.4 Å². The highest BCUT2D eigenvalue weighted by Crippen LogP contribution is 2.28. The topological polar surface area (TPSA) is 83.9 Å². The number of esters is 1. The number of methoxy groups -OCH3 is 1. The lowest BCUT2D eigenvalue weighted by Gasteiger charge is -2.18. The van der Waals surface area contributed by atoms with E-state index in [0.29, 0.717) is 6.42 Å². The number of carbonyl (C=O) groups is 1. The molecule has 1 aliphatic heterocycles.